The van der Waals surface area contributed by atoms with Crippen molar-refractivity contribution in [2.45, 2.75) is 6.42 Å². The SMILES string of the molecule is N#CC(C#N)CC(=O)c1ccco1. The molecule has 1 rings (SSSR count). The molecule has 0 saturated carbocycles. The molecule has 0 atom stereocenters. The van der Waals surface area contributed by atoms with Crippen LogP contribution in [0.15, 0.2) is 22.8 Å². The number of rotatable bonds is 3. The molecule has 0 N–H and O–H groups in total. The summed E-state index contributed by atoms with van der Waals surface area (Å²) in [5.41, 5.74) is 0. The number of furan rings is 1. The molecule has 1 aromatic rings. The molecule has 64 valence electrons. The van der Waals surface area contributed by atoms with Crippen LogP contribution in [0.4, 0.5) is 0 Å². The number of nitriles is 2. The van der Waals surface area contributed by atoms with E-state index in [0.717, 1.165) is 0 Å². The van der Waals surface area contributed by atoms with E-state index in [-0.39, 0.29) is 18.0 Å². The van der Waals surface area contributed by atoms with Crippen molar-refractivity contribution >= 4 is 5.78 Å². The summed E-state index contributed by atoms with van der Waals surface area (Å²) in [6.45, 7) is 0. The molecule has 1 heterocycles. The average molecular weight is 174 g/mol. The fraction of sp³-hybridized carbons (Fsp3) is 0.222. The second-order valence-corrected chi connectivity index (χ2v) is 2.42. The zero-order valence-electron chi connectivity index (χ0n) is 6.73. The Balaban J connectivity index is 2.63. The minimum atomic E-state index is -0.891. The summed E-state index contributed by atoms with van der Waals surface area (Å²) in [6.07, 6.45) is 1.27. The highest BCUT2D eigenvalue weighted by atomic mass is 16.3. The van der Waals surface area contributed by atoms with E-state index >= 15 is 0 Å². The van der Waals surface area contributed by atoms with E-state index in [1.165, 1.54) is 12.3 Å². The van der Waals surface area contributed by atoms with E-state index in [0.29, 0.717) is 0 Å². The van der Waals surface area contributed by atoms with Gasteiger partial charge in [-0.05, 0) is 12.1 Å². The fourth-order valence-corrected chi connectivity index (χ4v) is 0.843. The topological polar surface area (TPSA) is 77.8 Å². The van der Waals surface area contributed by atoms with E-state index < -0.39 is 5.92 Å². The van der Waals surface area contributed by atoms with Crippen molar-refractivity contribution in [1.29, 1.82) is 10.5 Å². The summed E-state index contributed by atoms with van der Waals surface area (Å²) in [6, 6.07) is 6.53. The lowest BCUT2D eigenvalue weighted by Gasteiger charge is -1.95. The largest absolute Gasteiger partial charge is 0.461 e. The first kappa shape index (κ1) is 9.02. The minimum Gasteiger partial charge on any atom is -0.461 e. The number of ketones is 1. The number of hydrogen-bond donors (Lipinski definition) is 0. The van der Waals surface area contributed by atoms with E-state index in [4.69, 9.17) is 14.9 Å². The molecule has 0 saturated heterocycles. The molecule has 4 nitrogen and oxygen atoms in total. The molecule has 0 fully saturated rings. The summed E-state index contributed by atoms with van der Waals surface area (Å²) in [4.78, 5) is 11.2. The molecule has 0 radical (unpaired) electrons. The Morgan fingerprint density at radius 1 is 1.54 bits per heavy atom. The Labute approximate surface area is 75.0 Å². The van der Waals surface area contributed by atoms with Crippen LogP contribution in [-0.2, 0) is 0 Å². The molecular weight excluding hydrogens is 168 g/mol. The standard InChI is InChI=1S/C9H6N2O2/c10-5-7(6-11)4-8(12)9-2-1-3-13-9/h1-3,7H,4H2. The molecule has 0 aliphatic rings. The van der Waals surface area contributed by atoms with Gasteiger partial charge in [0.1, 0.15) is 5.92 Å². The minimum absolute atomic E-state index is 0.111. The van der Waals surface area contributed by atoms with Crippen molar-refractivity contribution in [1.82, 2.24) is 0 Å². The average Bonchev–Trinajstić information content (AvgIpc) is 2.66. The summed E-state index contributed by atoms with van der Waals surface area (Å²) in [5.74, 6) is -1.02. The van der Waals surface area contributed by atoms with Crippen LogP contribution < -0.4 is 0 Å². The summed E-state index contributed by atoms with van der Waals surface area (Å²) < 4.78 is 4.82. The first-order valence-corrected chi connectivity index (χ1v) is 3.64. The van der Waals surface area contributed by atoms with Crippen molar-refractivity contribution < 1.29 is 9.21 Å². The number of carbonyl (C=O) groups is 1. The molecule has 0 aliphatic heterocycles. The Hall–Kier alpha value is -2.07. The van der Waals surface area contributed by atoms with Gasteiger partial charge in [-0.3, -0.25) is 4.79 Å². The Kier molecular flexibility index (Phi) is 2.83. The quantitative estimate of drug-likeness (QED) is 0.650. The molecule has 0 spiro atoms. The first-order valence-electron chi connectivity index (χ1n) is 3.64. The molecule has 13 heavy (non-hydrogen) atoms. The van der Waals surface area contributed by atoms with E-state index in [2.05, 4.69) is 0 Å². The van der Waals surface area contributed by atoms with Gasteiger partial charge in [0, 0.05) is 6.42 Å². The van der Waals surface area contributed by atoms with Gasteiger partial charge in [-0.2, -0.15) is 10.5 Å². The van der Waals surface area contributed by atoms with Gasteiger partial charge in [0.05, 0.1) is 18.4 Å². The normalized spacial score (nSPS) is 9.15. The number of hydrogen-bond acceptors (Lipinski definition) is 4. The van der Waals surface area contributed by atoms with Crippen LogP contribution >= 0.6 is 0 Å². The third-order valence-corrected chi connectivity index (χ3v) is 1.50. The molecule has 0 aromatic carbocycles. The fourth-order valence-electron chi connectivity index (χ4n) is 0.843. The van der Waals surface area contributed by atoms with Crippen molar-refractivity contribution in [3.05, 3.63) is 24.2 Å². The molecular formula is C9H6N2O2. The van der Waals surface area contributed by atoms with Gasteiger partial charge >= 0.3 is 0 Å². The molecule has 0 amide bonds. The molecule has 0 aliphatic carbocycles. The van der Waals surface area contributed by atoms with Crippen molar-refractivity contribution in [2.24, 2.45) is 5.92 Å². The number of carbonyl (C=O) groups excluding carboxylic acids is 1. The number of Topliss-reactive ketones (excluding diaryl/α,β-unsaturated/α-hetero) is 1. The van der Waals surface area contributed by atoms with Crippen molar-refractivity contribution in [2.75, 3.05) is 0 Å². The molecule has 4 heteroatoms. The zero-order chi connectivity index (χ0) is 9.68. The van der Waals surface area contributed by atoms with Crippen LogP contribution in [0.2, 0.25) is 0 Å². The first-order chi connectivity index (χ1) is 6.27. The van der Waals surface area contributed by atoms with E-state index in [9.17, 15) is 4.79 Å². The molecule has 0 unspecified atom stereocenters. The second-order valence-electron chi connectivity index (χ2n) is 2.42. The predicted octanol–water partition coefficient (Wildman–Crippen LogP) is 1.52. The maximum atomic E-state index is 11.2. The summed E-state index contributed by atoms with van der Waals surface area (Å²) in [7, 11) is 0. The molecule has 0 bridgehead atoms. The summed E-state index contributed by atoms with van der Waals surface area (Å²) in [5, 5.41) is 16.8. The van der Waals surface area contributed by atoms with Gasteiger partial charge in [-0.1, -0.05) is 0 Å². The highest BCUT2D eigenvalue weighted by molar-refractivity contribution is 5.93. The van der Waals surface area contributed by atoms with E-state index in [1.54, 1.807) is 18.2 Å². The maximum absolute atomic E-state index is 11.2. The Bertz CT molecular complexity index is 353. The highest BCUT2D eigenvalue weighted by Gasteiger charge is 2.15. The smallest absolute Gasteiger partial charge is 0.200 e. The van der Waals surface area contributed by atoms with Crippen LogP contribution in [0.5, 0.6) is 0 Å². The van der Waals surface area contributed by atoms with Gasteiger partial charge in [0.2, 0.25) is 0 Å². The maximum Gasteiger partial charge on any atom is 0.200 e. The van der Waals surface area contributed by atoms with Gasteiger partial charge in [0.15, 0.2) is 11.5 Å². The zero-order valence-corrected chi connectivity index (χ0v) is 6.73. The van der Waals surface area contributed by atoms with Gasteiger partial charge in [-0.15, -0.1) is 0 Å². The Morgan fingerprint density at radius 3 is 2.69 bits per heavy atom. The van der Waals surface area contributed by atoms with Crippen LogP contribution in [0.25, 0.3) is 0 Å². The number of nitrogens with zero attached hydrogens (tertiary/aromatic N) is 2. The van der Waals surface area contributed by atoms with Crippen LogP contribution in [0, 0.1) is 28.6 Å². The monoisotopic (exact) mass is 174 g/mol. The van der Waals surface area contributed by atoms with Crippen molar-refractivity contribution in [3.8, 4) is 12.1 Å². The lowest BCUT2D eigenvalue weighted by Crippen LogP contribution is -2.04. The van der Waals surface area contributed by atoms with Crippen LogP contribution in [0.3, 0.4) is 0 Å². The highest BCUT2D eigenvalue weighted by Crippen LogP contribution is 2.09. The Morgan fingerprint density at radius 2 is 2.23 bits per heavy atom. The van der Waals surface area contributed by atoms with Crippen molar-refractivity contribution in [3.63, 3.8) is 0 Å². The predicted molar refractivity (Wildman–Crippen MR) is 42.4 cm³/mol. The van der Waals surface area contributed by atoms with Gasteiger partial charge in [0.25, 0.3) is 0 Å². The van der Waals surface area contributed by atoms with Gasteiger partial charge < -0.3 is 4.42 Å². The lowest BCUT2D eigenvalue weighted by molar-refractivity contribution is 0.0950. The van der Waals surface area contributed by atoms with E-state index in [1.807, 2.05) is 0 Å². The third-order valence-electron chi connectivity index (χ3n) is 1.50. The third kappa shape index (κ3) is 2.18. The van der Waals surface area contributed by atoms with Crippen LogP contribution in [0.1, 0.15) is 17.0 Å². The lowest BCUT2D eigenvalue weighted by atomic mass is 10.1. The van der Waals surface area contributed by atoms with Crippen LogP contribution in [-0.4, -0.2) is 5.78 Å². The molecule has 1 aromatic heterocycles. The van der Waals surface area contributed by atoms with Gasteiger partial charge in [-0.25, -0.2) is 0 Å². The summed E-state index contributed by atoms with van der Waals surface area (Å²) >= 11 is 0. The second kappa shape index (κ2) is 4.08.